The van der Waals surface area contributed by atoms with Gasteiger partial charge in [-0.1, -0.05) is 61.9 Å². The molecule has 2 aromatic carbocycles. The number of carboxylic acids is 1. The lowest BCUT2D eigenvalue weighted by atomic mass is 9.77. The fourth-order valence-electron chi connectivity index (χ4n) is 5.92. The standard InChI is InChI=1S/C35H43N5O3/c1-5-23-6-10-25(11-7-23)26-14-16-27(17-15-26)29-19-36-32(37-20-29)28-12-8-24(9-13-28)18-31(34(42)43)39-33(41)30-21-38-40(22-30)35(2,3)4/h8-9,12-17,19-23,25,31-32,36H,5-7,10-11,18H2,1-4H3,(H,39,41)(H,42,43)/t23?,25?,31-,32?/m0/s1. The van der Waals surface area contributed by atoms with Crippen LogP contribution in [0.4, 0.5) is 0 Å². The van der Waals surface area contributed by atoms with Gasteiger partial charge in [0.15, 0.2) is 0 Å². The smallest absolute Gasteiger partial charge is 0.326 e. The summed E-state index contributed by atoms with van der Waals surface area (Å²) in [6.45, 7) is 8.24. The Balaban J connectivity index is 1.15. The number of aliphatic carboxylic acids is 1. The Morgan fingerprint density at radius 3 is 2.26 bits per heavy atom. The lowest BCUT2D eigenvalue weighted by molar-refractivity contribution is -0.139. The second kappa shape index (κ2) is 13.0. The SMILES string of the molecule is CCC1CCC(c2ccc(C3=CNC(c4ccc(C[C@H](NC(=O)c5cnn(C(C)(C)C)c5)C(=O)O)cc4)N=C3)cc2)CC1. The summed E-state index contributed by atoms with van der Waals surface area (Å²) in [6.07, 6.45) is 13.5. The highest BCUT2D eigenvalue weighted by molar-refractivity contribution is 6.10. The number of aliphatic imine (C=N–C) groups is 1. The number of benzene rings is 2. The number of rotatable bonds is 9. The minimum Gasteiger partial charge on any atom is -0.480 e. The number of amides is 1. The minimum absolute atomic E-state index is 0.163. The summed E-state index contributed by atoms with van der Waals surface area (Å²) in [4.78, 5) is 29.4. The molecule has 0 bridgehead atoms. The van der Waals surface area contributed by atoms with E-state index in [1.807, 2.05) is 57.5 Å². The van der Waals surface area contributed by atoms with Gasteiger partial charge in [0.05, 0.1) is 17.3 Å². The Morgan fingerprint density at radius 2 is 1.70 bits per heavy atom. The molecule has 5 rings (SSSR count). The monoisotopic (exact) mass is 581 g/mol. The van der Waals surface area contributed by atoms with Crippen LogP contribution in [0.1, 0.15) is 104 Å². The third-order valence-corrected chi connectivity index (χ3v) is 8.77. The quantitative estimate of drug-likeness (QED) is 0.269. The van der Waals surface area contributed by atoms with Crippen molar-refractivity contribution in [2.24, 2.45) is 10.9 Å². The van der Waals surface area contributed by atoms with Crippen molar-refractivity contribution in [3.8, 4) is 0 Å². The van der Waals surface area contributed by atoms with Crippen LogP contribution in [-0.4, -0.2) is 39.0 Å². The fraction of sp³-hybridized carbons (Fsp3) is 0.429. The predicted molar refractivity (Wildman–Crippen MR) is 170 cm³/mol. The number of nitrogens with zero attached hydrogens (tertiary/aromatic N) is 3. The van der Waals surface area contributed by atoms with Gasteiger partial charge < -0.3 is 15.7 Å². The van der Waals surface area contributed by atoms with Gasteiger partial charge in [0.2, 0.25) is 0 Å². The van der Waals surface area contributed by atoms with Crippen LogP contribution in [0, 0.1) is 5.92 Å². The van der Waals surface area contributed by atoms with E-state index in [1.54, 1.807) is 10.9 Å². The van der Waals surface area contributed by atoms with E-state index in [0.717, 1.165) is 28.2 Å². The van der Waals surface area contributed by atoms with Crippen molar-refractivity contribution < 1.29 is 14.7 Å². The number of hydrogen-bond donors (Lipinski definition) is 3. The normalized spacial score (nSPS) is 21.0. The number of allylic oxidation sites excluding steroid dienone is 1. The topological polar surface area (TPSA) is 109 Å². The average molecular weight is 582 g/mol. The predicted octanol–water partition coefficient (Wildman–Crippen LogP) is 6.46. The van der Waals surface area contributed by atoms with Crippen LogP contribution in [0.5, 0.6) is 0 Å². The first-order chi connectivity index (χ1) is 20.6. The molecule has 1 fully saturated rings. The molecule has 1 aromatic heterocycles. The molecule has 1 aliphatic heterocycles. The Kier molecular flexibility index (Phi) is 9.14. The molecule has 1 amide bonds. The summed E-state index contributed by atoms with van der Waals surface area (Å²) in [5, 5.41) is 20.0. The molecule has 2 aliphatic rings. The van der Waals surface area contributed by atoms with Crippen molar-refractivity contribution in [2.45, 2.75) is 89.9 Å². The molecule has 8 heteroatoms. The Labute approximate surface area is 254 Å². The lowest BCUT2D eigenvalue weighted by Crippen LogP contribution is -2.42. The highest BCUT2D eigenvalue weighted by Crippen LogP contribution is 2.37. The molecule has 0 saturated heterocycles. The maximum atomic E-state index is 12.7. The molecule has 3 aromatic rings. The first kappa shape index (κ1) is 30.3. The maximum Gasteiger partial charge on any atom is 0.326 e. The minimum atomic E-state index is -1.09. The van der Waals surface area contributed by atoms with Gasteiger partial charge in [-0.05, 0) is 80.5 Å². The van der Waals surface area contributed by atoms with Crippen LogP contribution >= 0.6 is 0 Å². The van der Waals surface area contributed by atoms with Crippen molar-refractivity contribution in [1.82, 2.24) is 20.4 Å². The van der Waals surface area contributed by atoms with Gasteiger partial charge in [-0.25, -0.2) is 4.79 Å². The molecule has 3 N–H and O–H groups in total. The molecular weight excluding hydrogens is 538 g/mol. The molecule has 0 spiro atoms. The van der Waals surface area contributed by atoms with Crippen LogP contribution in [0.25, 0.3) is 5.57 Å². The molecule has 1 aliphatic carbocycles. The first-order valence-electron chi connectivity index (χ1n) is 15.4. The number of carboxylic acid groups (broad SMARTS) is 1. The zero-order chi connectivity index (χ0) is 30.6. The largest absolute Gasteiger partial charge is 0.480 e. The number of nitrogens with one attached hydrogen (secondary N) is 2. The molecular formula is C35H43N5O3. The van der Waals surface area contributed by atoms with Gasteiger partial charge in [-0.3, -0.25) is 14.5 Å². The van der Waals surface area contributed by atoms with E-state index in [2.05, 4.69) is 46.9 Å². The van der Waals surface area contributed by atoms with Crippen LogP contribution in [0.15, 0.2) is 72.1 Å². The van der Waals surface area contributed by atoms with Crippen molar-refractivity contribution in [2.75, 3.05) is 0 Å². The zero-order valence-electron chi connectivity index (χ0n) is 25.6. The number of carbonyl (C=O) groups is 2. The molecule has 1 unspecified atom stereocenters. The van der Waals surface area contributed by atoms with Crippen LogP contribution in [-0.2, 0) is 16.8 Å². The van der Waals surface area contributed by atoms with E-state index in [0.29, 0.717) is 11.5 Å². The van der Waals surface area contributed by atoms with E-state index in [4.69, 9.17) is 4.99 Å². The summed E-state index contributed by atoms with van der Waals surface area (Å²) in [5.41, 5.74) is 5.46. The summed E-state index contributed by atoms with van der Waals surface area (Å²) >= 11 is 0. The highest BCUT2D eigenvalue weighted by atomic mass is 16.4. The molecule has 0 radical (unpaired) electrons. The van der Waals surface area contributed by atoms with Gasteiger partial charge >= 0.3 is 5.97 Å². The second-order valence-electron chi connectivity index (χ2n) is 12.8. The molecule has 1 saturated carbocycles. The molecule has 2 heterocycles. The maximum absolute atomic E-state index is 12.7. The Hall–Kier alpha value is -4.20. The summed E-state index contributed by atoms with van der Waals surface area (Å²) in [5.74, 6) is 0.0294. The number of hydrogen-bond acceptors (Lipinski definition) is 5. The lowest BCUT2D eigenvalue weighted by Gasteiger charge is -2.28. The van der Waals surface area contributed by atoms with E-state index in [1.165, 1.54) is 43.9 Å². The Bertz CT molecular complexity index is 1470. The Morgan fingerprint density at radius 1 is 1.02 bits per heavy atom. The van der Waals surface area contributed by atoms with Gasteiger partial charge in [0.25, 0.3) is 5.91 Å². The average Bonchev–Trinajstić information content (AvgIpc) is 3.53. The van der Waals surface area contributed by atoms with Crippen molar-refractivity contribution in [3.63, 3.8) is 0 Å². The van der Waals surface area contributed by atoms with E-state index in [-0.39, 0.29) is 18.1 Å². The number of aromatic nitrogens is 2. The molecule has 43 heavy (non-hydrogen) atoms. The first-order valence-corrected chi connectivity index (χ1v) is 15.4. The van der Waals surface area contributed by atoms with Crippen LogP contribution < -0.4 is 10.6 Å². The van der Waals surface area contributed by atoms with E-state index in [9.17, 15) is 14.7 Å². The van der Waals surface area contributed by atoms with Crippen LogP contribution in [0.3, 0.4) is 0 Å². The summed E-state index contributed by atoms with van der Waals surface area (Å²) in [6, 6.07) is 15.5. The van der Waals surface area contributed by atoms with Crippen molar-refractivity contribution >= 4 is 23.7 Å². The van der Waals surface area contributed by atoms with Crippen molar-refractivity contribution in [3.05, 3.63) is 94.9 Å². The molecule has 8 nitrogen and oxygen atoms in total. The van der Waals surface area contributed by atoms with Gasteiger partial charge in [0, 0.05) is 30.6 Å². The summed E-state index contributed by atoms with van der Waals surface area (Å²) in [7, 11) is 0. The van der Waals surface area contributed by atoms with E-state index >= 15 is 0 Å². The van der Waals surface area contributed by atoms with Gasteiger partial charge in [0.1, 0.15) is 12.2 Å². The van der Waals surface area contributed by atoms with Gasteiger partial charge in [-0.15, -0.1) is 0 Å². The van der Waals surface area contributed by atoms with Gasteiger partial charge in [-0.2, -0.15) is 5.10 Å². The zero-order valence-corrected chi connectivity index (χ0v) is 25.6. The molecule has 226 valence electrons. The second-order valence-corrected chi connectivity index (χ2v) is 12.8. The fourth-order valence-corrected chi connectivity index (χ4v) is 5.92. The summed E-state index contributed by atoms with van der Waals surface area (Å²) < 4.78 is 1.69. The third kappa shape index (κ3) is 7.42. The third-order valence-electron chi connectivity index (χ3n) is 8.77. The van der Waals surface area contributed by atoms with E-state index < -0.39 is 17.9 Å². The van der Waals surface area contributed by atoms with Crippen molar-refractivity contribution in [1.29, 1.82) is 0 Å². The number of carbonyl (C=O) groups excluding carboxylic acids is 1. The highest BCUT2D eigenvalue weighted by Gasteiger charge is 2.24. The van der Waals surface area contributed by atoms with Crippen LogP contribution in [0.2, 0.25) is 0 Å². The molecule has 2 atom stereocenters.